The van der Waals surface area contributed by atoms with Crippen molar-refractivity contribution >= 4 is 12.7 Å². The standard InChI is InChI=1S/C10H15BF3N2/c1-6-8(5-15)3-10(16)7(2)9(6)4-11(12,13)14/h3H,4-5,15-16H2,1-2H3/q-1. The zero-order valence-corrected chi connectivity index (χ0v) is 9.36. The fourth-order valence-corrected chi connectivity index (χ4v) is 1.80. The van der Waals surface area contributed by atoms with Gasteiger partial charge >= 0.3 is 6.98 Å². The Hall–Kier alpha value is -1.17. The van der Waals surface area contributed by atoms with Crippen molar-refractivity contribution in [1.82, 2.24) is 0 Å². The van der Waals surface area contributed by atoms with Crippen molar-refractivity contribution < 1.29 is 12.9 Å². The van der Waals surface area contributed by atoms with Crippen LogP contribution in [0.1, 0.15) is 22.3 Å². The maximum atomic E-state index is 12.5. The van der Waals surface area contributed by atoms with Crippen LogP contribution in [0.3, 0.4) is 0 Å². The monoisotopic (exact) mass is 231 g/mol. The molecule has 0 heterocycles. The summed E-state index contributed by atoms with van der Waals surface area (Å²) in [5, 5.41) is 0. The summed E-state index contributed by atoms with van der Waals surface area (Å²) in [6, 6.07) is 1.65. The van der Waals surface area contributed by atoms with Crippen LogP contribution in [-0.2, 0) is 12.9 Å². The molecule has 0 aliphatic heterocycles. The van der Waals surface area contributed by atoms with E-state index in [9.17, 15) is 12.9 Å². The van der Waals surface area contributed by atoms with Crippen LogP contribution in [0.2, 0.25) is 0 Å². The van der Waals surface area contributed by atoms with Crippen LogP contribution < -0.4 is 11.5 Å². The topological polar surface area (TPSA) is 52.0 Å². The molecular formula is C10H15BF3N2-. The lowest BCUT2D eigenvalue weighted by Crippen LogP contribution is -2.22. The van der Waals surface area contributed by atoms with Crippen LogP contribution in [0.5, 0.6) is 0 Å². The average molecular weight is 231 g/mol. The zero-order chi connectivity index (χ0) is 12.5. The van der Waals surface area contributed by atoms with Gasteiger partial charge in [0, 0.05) is 12.2 Å². The first kappa shape index (κ1) is 12.9. The lowest BCUT2D eigenvalue weighted by molar-refractivity contribution is 0.468. The normalized spacial score (nSPS) is 11.9. The molecule has 90 valence electrons. The van der Waals surface area contributed by atoms with Crippen LogP contribution in [0.4, 0.5) is 18.6 Å². The van der Waals surface area contributed by atoms with E-state index >= 15 is 0 Å². The van der Waals surface area contributed by atoms with Crippen LogP contribution in [0.25, 0.3) is 0 Å². The van der Waals surface area contributed by atoms with E-state index in [1.807, 2.05) is 0 Å². The zero-order valence-electron chi connectivity index (χ0n) is 9.36. The third-order valence-electron chi connectivity index (χ3n) is 2.81. The molecule has 0 unspecified atom stereocenters. The van der Waals surface area contributed by atoms with Gasteiger partial charge in [0.15, 0.2) is 0 Å². The molecule has 1 aromatic carbocycles. The molecule has 0 aliphatic carbocycles. The molecule has 6 heteroatoms. The van der Waals surface area contributed by atoms with Gasteiger partial charge in [-0.2, -0.15) is 0 Å². The molecule has 0 fully saturated rings. The summed E-state index contributed by atoms with van der Waals surface area (Å²) >= 11 is 0. The summed E-state index contributed by atoms with van der Waals surface area (Å²) in [5.41, 5.74) is 13.6. The van der Waals surface area contributed by atoms with Crippen LogP contribution >= 0.6 is 0 Å². The Morgan fingerprint density at radius 3 is 2.19 bits per heavy atom. The number of hydrogen-bond acceptors (Lipinski definition) is 2. The van der Waals surface area contributed by atoms with Crippen molar-refractivity contribution in [3.8, 4) is 0 Å². The lowest BCUT2D eigenvalue weighted by Gasteiger charge is -2.21. The van der Waals surface area contributed by atoms with Gasteiger partial charge in [0.05, 0.1) is 0 Å². The average Bonchev–Trinajstić information content (AvgIpc) is 2.17. The fourth-order valence-electron chi connectivity index (χ4n) is 1.80. The van der Waals surface area contributed by atoms with Crippen molar-refractivity contribution in [3.63, 3.8) is 0 Å². The number of hydrogen-bond donors (Lipinski definition) is 2. The van der Waals surface area contributed by atoms with Gasteiger partial charge in [-0.3, -0.25) is 0 Å². The van der Waals surface area contributed by atoms with Crippen LogP contribution in [0.15, 0.2) is 6.07 Å². The number of anilines is 1. The maximum absolute atomic E-state index is 12.5. The lowest BCUT2D eigenvalue weighted by atomic mass is 9.77. The molecule has 16 heavy (non-hydrogen) atoms. The molecule has 0 radical (unpaired) electrons. The summed E-state index contributed by atoms with van der Waals surface area (Å²) < 4.78 is 37.4. The van der Waals surface area contributed by atoms with E-state index < -0.39 is 13.3 Å². The van der Waals surface area contributed by atoms with E-state index in [2.05, 4.69) is 0 Å². The minimum atomic E-state index is -4.85. The van der Waals surface area contributed by atoms with Gasteiger partial charge in [-0.25, -0.2) is 0 Å². The Bertz CT molecular complexity index is 402. The Balaban J connectivity index is 3.30. The largest absolute Gasteiger partial charge is 0.482 e. The SMILES string of the molecule is Cc1c(N)cc(CN)c(C)c1C[B-](F)(F)F. The highest BCUT2D eigenvalue weighted by atomic mass is 19.4. The third-order valence-corrected chi connectivity index (χ3v) is 2.81. The number of rotatable bonds is 3. The second-order valence-electron chi connectivity index (χ2n) is 3.97. The summed E-state index contributed by atoms with van der Waals surface area (Å²) in [7, 11) is 0. The summed E-state index contributed by atoms with van der Waals surface area (Å²) in [6.07, 6.45) is -0.893. The van der Waals surface area contributed by atoms with E-state index in [1.165, 1.54) is 0 Å². The van der Waals surface area contributed by atoms with Gasteiger partial charge < -0.3 is 24.4 Å². The number of nitrogens with two attached hydrogens (primary N) is 2. The summed E-state index contributed by atoms with van der Waals surface area (Å²) in [6.45, 7) is -1.38. The maximum Gasteiger partial charge on any atom is 0.482 e. The molecule has 2 nitrogen and oxygen atoms in total. The number of halogens is 3. The highest BCUT2D eigenvalue weighted by molar-refractivity contribution is 6.57. The molecule has 4 N–H and O–H groups in total. The minimum Gasteiger partial charge on any atom is -0.449 e. The first-order chi connectivity index (χ1) is 7.26. The molecule has 0 saturated heterocycles. The highest BCUT2D eigenvalue weighted by Gasteiger charge is 2.26. The predicted octanol–water partition coefficient (Wildman–Crippen LogP) is 2.27. The van der Waals surface area contributed by atoms with E-state index in [1.54, 1.807) is 19.9 Å². The van der Waals surface area contributed by atoms with Gasteiger partial charge in [0.2, 0.25) is 0 Å². The van der Waals surface area contributed by atoms with Gasteiger partial charge in [-0.05, 0) is 36.6 Å². The molecule has 0 amide bonds. The first-order valence-electron chi connectivity index (χ1n) is 5.04. The molecule has 0 spiro atoms. The Morgan fingerprint density at radius 1 is 1.19 bits per heavy atom. The Labute approximate surface area is 92.9 Å². The second kappa shape index (κ2) is 4.37. The van der Waals surface area contributed by atoms with E-state index in [-0.39, 0.29) is 12.1 Å². The molecule has 0 atom stereocenters. The predicted molar refractivity (Wildman–Crippen MR) is 61.0 cm³/mol. The van der Waals surface area contributed by atoms with Crippen LogP contribution in [0, 0.1) is 13.8 Å². The molecule has 1 aromatic rings. The second-order valence-corrected chi connectivity index (χ2v) is 3.97. The van der Waals surface area contributed by atoms with E-state index in [0.29, 0.717) is 22.4 Å². The third kappa shape index (κ3) is 2.69. The summed E-state index contributed by atoms with van der Waals surface area (Å²) in [5.74, 6) is 0. The summed E-state index contributed by atoms with van der Waals surface area (Å²) in [4.78, 5) is 0. The van der Waals surface area contributed by atoms with Gasteiger partial charge in [-0.15, -0.1) is 0 Å². The Kier molecular flexibility index (Phi) is 3.52. The quantitative estimate of drug-likeness (QED) is 0.619. The first-order valence-corrected chi connectivity index (χ1v) is 5.04. The van der Waals surface area contributed by atoms with Crippen LogP contribution in [-0.4, -0.2) is 6.98 Å². The number of nitrogen functional groups attached to an aromatic ring is 1. The molecule has 1 rings (SSSR count). The van der Waals surface area contributed by atoms with Crippen molar-refractivity contribution in [3.05, 3.63) is 28.3 Å². The van der Waals surface area contributed by atoms with Crippen molar-refractivity contribution in [2.24, 2.45) is 5.73 Å². The van der Waals surface area contributed by atoms with E-state index in [4.69, 9.17) is 11.5 Å². The fraction of sp³-hybridized carbons (Fsp3) is 0.400. The Morgan fingerprint density at radius 2 is 1.75 bits per heavy atom. The van der Waals surface area contributed by atoms with Gasteiger partial charge in [0.1, 0.15) is 0 Å². The molecule has 0 bridgehead atoms. The van der Waals surface area contributed by atoms with Gasteiger partial charge in [0.25, 0.3) is 0 Å². The van der Waals surface area contributed by atoms with E-state index in [0.717, 1.165) is 0 Å². The van der Waals surface area contributed by atoms with Crippen molar-refractivity contribution in [2.45, 2.75) is 26.7 Å². The smallest absolute Gasteiger partial charge is 0.449 e. The number of benzene rings is 1. The minimum absolute atomic E-state index is 0.203. The molecule has 0 saturated carbocycles. The van der Waals surface area contributed by atoms with Crippen molar-refractivity contribution in [2.75, 3.05) is 5.73 Å². The molecule has 0 aromatic heterocycles. The van der Waals surface area contributed by atoms with Gasteiger partial charge in [-0.1, -0.05) is 11.9 Å². The highest BCUT2D eigenvalue weighted by Crippen LogP contribution is 2.28. The van der Waals surface area contributed by atoms with Crippen molar-refractivity contribution in [1.29, 1.82) is 0 Å². The molecule has 0 aliphatic rings. The molecular weight excluding hydrogens is 216 g/mol.